The van der Waals surface area contributed by atoms with Crippen LogP contribution in [0.4, 0.5) is 0 Å². The Morgan fingerprint density at radius 3 is 2.90 bits per heavy atom. The summed E-state index contributed by atoms with van der Waals surface area (Å²) in [5.74, 6) is 0.665. The number of methoxy groups -OCH3 is 1. The minimum Gasteiger partial charge on any atom is -0.496 e. The van der Waals surface area contributed by atoms with Gasteiger partial charge in [-0.15, -0.1) is 11.3 Å². The Balaban J connectivity index is 1.77. The fourth-order valence-corrected chi connectivity index (χ4v) is 4.04. The fourth-order valence-electron chi connectivity index (χ4n) is 2.88. The number of ether oxygens (including phenoxy) is 1. The number of halogens is 1. The normalized spacial score (nSPS) is 11.4. The molecule has 0 atom stereocenters. The summed E-state index contributed by atoms with van der Waals surface area (Å²) < 4.78 is 11.6. The average molecular weight is 465 g/mol. The molecule has 0 fully saturated rings. The first-order valence-electron chi connectivity index (χ1n) is 8.53. The lowest BCUT2D eigenvalue weighted by atomic mass is 10.1. The third kappa shape index (κ3) is 3.86. The molecule has 29 heavy (non-hydrogen) atoms. The summed E-state index contributed by atoms with van der Waals surface area (Å²) in [6, 6.07) is 16.8. The maximum absolute atomic E-state index is 12.4. The summed E-state index contributed by atoms with van der Waals surface area (Å²) >= 11 is 4.71. The largest absolute Gasteiger partial charge is 0.496 e. The number of aromatic nitrogens is 1. The number of fused-ring (bicyclic) bond motifs is 1. The summed E-state index contributed by atoms with van der Waals surface area (Å²) in [5.41, 5.74) is 2.03. The van der Waals surface area contributed by atoms with Crippen LogP contribution < -0.4 is 10.4 Å². The van der Waals surface area contributed by atoms with E-state index in [2.05, 4.69) is 27.0 Å². The van der Waals surface area contributed by atoms with Crippen LogP contribution in [0.5, 0.6) is 5.75 Å². The van der Waals surface area contributed by atoms with Gasteiger partial charge < -0.3 is 9.15 Å². The molecule has 0 aliphatic carbocycles. The molecule has 0 saturated carbocycles. The molecule has 0 spiro atoms. The van der Waals surface area contributed by atoms with E-state index < -0.39 is 5.63 Å². The summed E-state index contributed by atoms with van der Waals surface area (Å²) in [7, 11) is 1.58. The Kier molecular flexibility index (Phi) is 5.30. The molecule has 2 aromatic heterocycles. The topological polar surface area (TPSA) is 76.1 Å². The third-order valence-corrected chi connectivity index (χ3v) is 5.63. The van der Waals surface area contributed by atoms with E-state index in [0.29, 0.717) is 33.2 Å². The van der Waals surface area contributed by atoms with E-state index in [0.717, 1.165) is 15.4 Å². The molecule has 0 aliphatic rings. The van der Waals surface area contributed by atoms with Crippen molar-refractivity contribution in [1.82, 2.24) is 4.98 Å². The van der Waals surface area contributed by atoms with Crippen molar-refractivity contribution >= 4 is 49.9 Å². The summed E-state index contributed by atoms with van der Waals surface area (Å²) in [5, 5.41) is 12.7. The zero-order chi connectivity index (χ0) is 20.4. The number of rotatable bonds is 4. The molecular formula is C22H13BrN2O3S. The first kappa shape index (κ1) is 19.1. The van der Waals surface area contributed by atoms with Gasteiger partial charge in [-0.05, 0) is 36.4 Å². The number of nitrogens with zero attached hydrogens (tertiary/aromatic N) is 2. The van der Waals surface area contributed by atoms with Crippen LogP contribution in [-0.4, -0.2) is 12.1 Å². The fraction of sp³-hybridized carbons (Fsp3) is 0.0455. The molecule has 0 bridgehead atoms. The van der Waals surface area contributed by atoms with Crippen molar-refractivity contribution in [2.75, 3.05) is 7.11 Å². The van der Waals surface area contributed by atoms with Crippen molar-refractivity contribution in [3.63, 3.8) is 0 Å². The maximum Gasteiger partial charge on any atom is 0.345 e. The van der Waals surface area contributed by atoms with Crippen molar-refractivity contribution in [3.8, 4) is 23.1 Å². The highest BCUT2D eigenvalue weighted by Crippen LogP contribution is 2.29. The lowest BCUT2D eigenvalue weighted by molar-refractivity contribution is 0.414. The SMILES string of the molecule is COc1ccccc1/C=C(\C#N)c1nc(-c2cc3cc(Br)ccc3oc2=O)cs1. The molecule has 142 valence electrons. The van der Waals surface area contributed by atoms with E-state index >= 15 is 0 Å². The van der Waals surface area contributed by atoms with Gasteiger partial charge in [0.1, 0.15) is 22.4 Å². The number of thiazole rings is 1. The van der Waals surface area contributed by atoms with E-state index in [9.17, 15) is 10.1 Å². The molecule has 4 aromatic rings. The van der Waals surface area contributed by atoms with Crippen LogP contribution in [0.25, 0.3) is 33.9 Å². The van der Waals surface area contributed by atoms with E-state index in [-0.39, 0.29) is 0 Å². The van der Waals surface area contributed by atoms with Gasteiger partial charge in [0.2, 0.25) is 0 Å². The Morgan fingerprint density at radius 2 is 2.10 bits per heavy atom. The lowest BCUT2D eigenvalue weighted by Gasteiger charge is -2.04. The van der Waals surface area contributed by atoms with Crippen molar-refractivity contribution in [3.05, 3.63) is 79.4 Å². The Bertz CT molecular complexity index is 1350. The number of allylic oxidation sites excluding steroid dienone is 1. The van der Waals surface area contributed by atoms with Gasteiger partial charge in [0, 0.05) is 20.8 Å². The molecule has 5 nitrogen and oxygen atoms in total. The highest BCUT2D eigenvalue weighted by molar-refractivity contribution is 9.10. The number of benzene rings is 2. The first-order valence-corrected chi connectivity index (χ1v) is 10.2. The van der Waals surface area contributed by atoms with E-state index in [1.54, 1.807) is 30.7 Å². The molecule has 0 amide bonds. The van der Waals surface area contributed by atoms with Gasteiger partial charge in [-0.3, -0.25) is 0 Å². The van der Waals surface area contributed by atoms with Crippen LogP contribution >= 0.6 is 27.3 Å². The lowest BCUT2D eigenvalue weighted by Crippen LogP contribution is -2.02. The van der Waals surface area contributed by atoms with Gasteiger partial charge >= 0.3 is 5.63 Å². The smallest absolute Gasteiger partial charge is 0.345 e. The first-order chi connectivity index (χ1) is 14.1. The summed E-state index contributed by atoms with van der Waals surface area (Å²) in [6.07, 6.45) is 1.72. The second kappa shape index (κ2) is 8.03. The minimum atomic E-state index is -0.469. The molecule has 2 aromatic carbocycles. The Labute approximate surface area is 178 Å². The van der Waals surface area contributed by atoms with Crippen molar-refractivity contribution < 1.29 is 9.15 Å². The molecule has 7 heteroatoms. The van der Waals surface area contributed by atoms with E-state index in [4.69, 9.17) is 9.15 Å². The summed E-state index contributed by atoms with van der Waals surface area (Å²) in [4.78, 5) is 16.9. The van der Waals surface area contributed by atoms with Gasteiger partial charge in [0.25, 0.3) is 0 Å². The van der Waals surface area contributed by atoms with Crippen molar-refractivity contribution in [2.24, 2.45) is 0 Å². The van der Waals surface area contributed by atoms with Gasteiger partial charge in [0.05, 0.1) is 23.9 Å². The van der Waals surface area contributed by atoms with E-state index in [1.165, 1.54) is 11.3 Å². The average Bonchev–Trinajstić information content (AvgIpc) is 3.21. The van der Waals surface area contributed by atoms with Gasteiger partial charge in [-0.25, -0.2) is 9.78 Å². The zero-order valence-electron chi connectivity index (χ0n) is 15.2. The van der Waals surface area contributed by atoms with E-state index in [1.807, 2.05) is 36.4 Å². The van der Waals surface area contributed by atoms with Crippen LogP contribution in [0.2, 0.25) is 0 Å². The monoisotopic (exact) mass is 464 g/mol. The van der Waals surface area contributed by atoms with Crippen LogP contribution in [0.1, 0.15) is 10.6 Å². The van der Waals surface area contributed by atoms with Crippen molar-refractivity contribution in [1.29, 1.82) is 5.26 Å². The second-order valence-corrected chi connectivity index (χ2v) is 7.85. The number of nitriles is 1. The Hall–Kier alpha value is -3.21. The number of hydrogen-bond acceptors (Lipinski definition) is 6. The third-order valence-electron chi connectivity index (χ3n) is 4.26. The molecule has 0 aliphatic heterocycles. The van der Waals surface area contributed by atoms with Crippen LogP contribution in [0.3, 0.4) is 0 Å². The van der Waals surface area contributed by atoms with Gasteiger partial charge in [-0.1, -0.05) is 34.1 Å². The number of para-hydroxylation sites is 1. The predicted molar refractivity (Wildman–Crippen MR) is 118 cm³/mol. The molecule has 2 heterocycles. The van der Waals surface area contributed by atoms with Gasteiger partial charge in [-0.2, -0.15) is 5.26 Å². The van der Waals surface area contributed by atoms with Crippen LogP contribution in [0, 0.1) is 11.3 Å². The van der Waals surface area contributed by atoms with Gasteiger partial charge in [0.15, 0.2) is 0 Å². The standard InChI is InChI=1S/C22H13BrN2O3S/c1-27-19-5-3-2-4-13(19)8-15(11-24)21-25-18(12-29-21)17-10-14-9-16(23)6-7-20(14)28-22(17)26/h2-10,12H,1H3/b15-8+. The molecule has 0 radical (unpaired) electrons. The second-order valence-electron chi connectivity index (χ2n) is 6.08. The molecule has 0 saturated heterocycles. The molecule has 4 rings (SSSR count). The molecule has 0 N–H and O–H groups in total. The number of hydrogen-bond donors (Lipinski definition) is 0. The maximum atomic E-state index is 12.4. The molecule has 0 unspecified atom stereocenters. The van der Waals surface area contributed by atoms with Crippen LogP contribution in [-0.2, 0) is 0 Å². The highest BCUT2D eigenvalue weighted by Gasteiger charge is 2.14. The summed E-state index contributed by atoms with van der Waals surface area (Å²) in [6.45, 7) is 0. The highest BCUT2D eigenvalue weighted by atomic mass is 79.9. The van der Waals surface area contributed by atoms with Crippen molar-refractivity contribution in [2.45, 2.75) is 0 Å². The quantitative estimate of drug-likeness (QED) is 0.283. The Morgan fingerprint density at radius 1 is 1.28 bits per heavy atom. The minimum absolute atomic E-state index is 0.354. The zero-order valence-corrected chi connectivity index (χ0v) is 17.6. The van der Waals surface area contributed by atoms with Crippen LogP contribution in [0.15, 0.2) is 67.6 Å². The predicted octanol–water partition coefficient (Wildman–Crippen LogP) is 5.75. The molecular weight excluding hydrogens is 452 g/mol.